The molecule has 0 saturated carbocycles. The summed E-state index contributed by atoms with van der Waals surface area (Å²) in [5.74, 6) is 0.0185. The highest BCUT2D eigenvalue weighted by Crippen LogP contribution is 2.29. The van der Waals surface area contributed by atoms with E-state index >= 15 is 0 Å². The summed E-state index contributed by atoms with van der Waals surface area (Å²) >= 11 is 0. The van der Waals surface area contributed by atoms with E-state index in [4.69, 9.17) is 0 Å². The third-order valence-electron chi connectivity index (χ3n) is 6.14. The molecule has 0 spiro atoms. The van der Waals surface area contributed by atoms with E-state index in [1.165, 1.54) is 11.1 Å². The van der Waals surface area contributed by atoms with Crippen molar-refractivity contribution in [2.45, 2.75) is 25.8 Å². The van der Waals surface area contributed by atoms with Crippen LogP contribution in [-0.2, 0) is 11.2 Å². The normalized spacial score (nSPS) is 18.5. The molecule has 2 aliphatic heterocycles. The van der Waals surface area contributed by atoms with Crippen LogP contribution in [-0.4, -0.2) is 47.5 Å². The molecule has 3 amide bonds. The largest absolute Gasteiger partial charge is 0.367 e. The molecular weight excluding hydrogens is 390 g/mol. The van der Waals surface area contributed by atoms with Crippen molar-refractivity contribution in [1.29, 1.82) is 0 Å². The van der Waals surface area contributed by atoms with Gasteiger partial charge in [0.1, 0.15) is 0 Å². The van der Waals surface area contributed by atoms with E-state index < -0.39 is 0 Å². The standard InChI is InChI=1S/C24H25N5O2/c1-16-15-28(22-4-2-3-18-14-25-10-9-20(18)22)11-12-29(16)24(31)26-19-7-5-17-6-8-23(30)27-21(17)13-19/h2-5,7,9-10,13-14,16H,6,8,11-12,15H2,1H3,(H,26,31)(H,27,30). The van der Waals surface area contributed by atoms with E-state index in [2.05, 4.69) is 45.6 Å². The quantitative estimate of drug-likeness (QED) is 0.666. The first kappa shape index (κ1) is 19.4. The zero-order valence-electron chi connectivity index (χ0n) is 17.5. The van der Waals surface area contributed by atoms with Crippen LogP contribution in [0.15, 0.2) is 54.9 Å². The molecule has 3 heterocycles. The van der Waals surface area contributed by atoms with Crippen LogP contribution in [0.1, 0.15) is 18.9 Å². The molecule has 2 aromatic carbocycles. The van der Waals surface area contributed by atoms with Crippen molar-refractivity contribution in [2.75, 3.05) is 35.2 Å². The van der Waals surface area contributed by atoms with Crippen LogP contribution in [0.2, 0.25) is 0 Å². The summed E-state index contributed by atoms with van der Waals surface area (Å²) < 4.78 is 0. The highest BCUT2D eigenvalue weighted by Gasteiger charge is 2.28. The fourth-order valence-corrected chi connectivity index (χ4v) is 4.50. The molecule has 7 nitrogen and oxygen atoms in total. The van der Waals surface area contributed by atoms with Gasteiger partial charge in [0.05, 0.1) is 0 Å². The molecule has 1 aromatic heterocycles. The number of rotatable bonds is 2. The second kappa shape index (κ2) is 7.91. The summed E-state index contributed by atoms with van der Waals surface area (Å²) in [4.78, 5) is 33.1. The highest BCUT2D eigenvalue weighted by atomic mass is 16.2. The summed E-state index contributed by atoms with van der Waals surface area (Å²) in [6, 6.07) is 14.0. The predicted octanol–water partition coefficient (Wildman–Crippen LogP) is 3.86. The summed E-state index contributed by atoms with van der Waals surface area (Å²) in [6.07, 6.45) is 4.94. The van der Waals surface area contributed by atoms with E-state index in [1.54, 1.807) is 0 Å². The average Bonchev–Trinajstić information content (AvgIpc) is 2.78. The maximum absolute atomic E-state index is 13.0. The second-order valence-corrected chi connectivity index (χ2v) is 8.21. The van der Waals surface area contributed by atoms with Gasteiger partial charge in [-0.05, 0) is 43.2 Å². The number of aryl methyl sites for hydroxylation is 1. The molecule has 3 aromatic rings. The molecule has 31 heavy (non-hydrogen) atoms. The van der Waals surface area contributed by atoms with Crippen LogP contribution >= 0.6 is 0 Å². The summed E-state index contributed by atoms with van der Waals surface area (Å²) in [7, 11) is 0. The lowest BCUT2D eigenvalue weighted by Crippen LogP contribution is -2.55. The van der Waals surface area contributed by atoms with Gasteiger partial charge in [0, 0.05) is 72.3 Å². The monoisotopic (exact) mass is 415 g/mol. The fraction of sp³-hybridized carbons (Fsp3) is 0.292. The Hall–Kier alpha value is -3.61. The summed E-state index contributed by atoms with van der Waals surface area (Å²) in [5.41, 5.74) is 3.77. The van der Waals surface area contributed by atoms with Crippen LogP contribution in [0, 0.1) is 0 Å². The first-order chi connectivity index (χ1) is 15.1. The minimum Gasteiger partial charge on any atom is -0.367 e. The number of amides is 3. The topological polar surface area (TPSA) is 77.6 Å². The van der Waals surface area contributed by atoms with Crippen molar-refractivity contribution in [3.63, 3.8) is 0 Å². The van der Waals surface area contributed by atoms with Crippen molar-refractivity contribution in [1.82, 2.24) is 9.88 Å². The minimum absolute atomic E-state index is 0.0185. The predicted molar refractivity (Wildman–Crippen MR) is 123 cm³/mol. The molecule has 7 heteroatoms. The summed E-state index contributed by atoms with van der Waals surface area (Å²) in [6.45, 7) is 4.23. The van der Waals surface area contributed by atoms with Gasteiger partial charge in [0.25, 0.3) is 0 Å². The fourth-order valence-electron chi connectivity index (χ4n) is 4.50. The minimum atomic E-state index is -0.114. The Morgan fingerprint density at radius 1 is 1.16 bits per heavy atom. The van der Waals surface area contributed by atoms with Crippen molar-refractivity contribution in [3.05, 3.63) is 60.4 Å². The molecule has 0 radical (unpaired) electrons. The number of carbonyl (C=O) groups is 2. The SMILES string of the molecule is CC1CN(c2cccc3cnccc23)CCN1C(=O)Nc1ccc2c(c1)NC(=O)CC2. The van der Waals surface area contributed by atoms with E-state index in [0.717, 1.165) is 36.1 Å². The molecule has 1 atom stereocenters. The lowest BCUT2D eigenvalue weighted by atomic mass is 10.0. The zero-order chi connectivity index (χ0) is 21.4. The van der Waals surface area contributed by atoms with Crippen LogP contribution in [0.25, 0.3) is 10.8 Å². The van der Waals surface area contributed by atoms with Gasteiger partial charge >= 0.3 is 6.03 Å². The third-order valence-corrected chi connectivity index (χ3v) is 6.14. The average molecular weight is 415 g/mol. The van der Waals surface area contributed by atoms with Crippen molar-refractivity contribution >= 4 is 39.8 Å². The number of hydrogen-bond donors (Lipinski definition) is 2. The number of anilines is 3. The Morgan fingerprint density at radius 2 is 2.06 bits per heavy atom. The number of fused-ring (bicyclic) bond motifs is 2. The first-order valence-corrected chi connectivity index (χ1v) is 10.7. The number of benzene rings is 2. The number of aromatic nitrogens is 1. The zero-order valence-corrected chi connectivity index (χ0v) is 17.5. The Bertz CT molecular complexity index is 1160. The molecule has 1 fully saturated rings. The molecule has 158 valence electrons. The number of piperazine rings is 1. The number of pyridine rings is 1. The molecule has 1 saturated heterocycles. The maximum atomic E-state index is 13.0. The van der Waals surface area contributed by atoms with Gasteiger partial charge in [-0.3, -0.25) is 9.78 Å². The van der Waals surface area contributed by atoms with Gasteiger partial charge in [-0.15, -0.1) is 0 Å². The third kappa shape index (κ3) is 3.79. The van der Waals surface area contributed by atoms with E-state index in [9.17, 15) is 9.59 Å². The van der Waals surface area contributed by atoms with Gasteiger partial charge in [-0.25, -0.2) is 4.79 Å². The first-order valence-electron chi connectivity index (χ1n) is 10.7. The number of nitrogens with zero attached hydrogens (tertiary/aromatic N) is 3. The van der Waals surface area contributed by atoms with Gasteiger partial charge in [0.15, 0.2) is 0 Å². The van der Waals surface area contributed by atoms with Crippen LogP contribution in [0.4, 0.5) is 21.9 Å². The van der Waals surface area contributed by atoms with Crippen molar-refractivity contribution in [3.8, 4) is 0 Å². The van der Waals surface area contributed by atoms with Crippen LogP contribution in [0.3, 0.4) is 0 Å². The molecule has 1 unspecified atom stereocenters. The maximum Gasteiger partial charge on any atom is 0.322 e. The van der Waals surface area contributed by atoms with Gasteiger partial charge in [0.2, 0.25) is 5.91 Å². The number of urea groups is 1. The Kier molecular flexibility index (Phi) is 4.94. The second-order valence-electron chi connectivity index (χ2n) is 8.21. The Labute approximate surface area is 181 Å². The van der Waals surface area contributed by atoms with Crippen molar-refractivity contribution in [2.24, 2.45) is 0 Å². The van der Waals surface area contributed by atoms with Gasteiger partial charge < -0.3 is 20.4 Å². The smallest absolute Gasteiger partial charge is 0.322 e. The molecule has 2 aliphatic rings. The molecule has 0 bridgehead atoms. The lowest BCUT2D eigenvalue weighted by Gasteiger charge is -2.41. The summed E-state index contributed by atoms with van der Waals surface area (Å²) in [5, 5.41) is 8.18. The van der Waals surface area contributed by atoms with Crippen LogP contribution in [0.5, 0.6) is 0 Å². The Balaban J connectivity index is 1.28. The molecular formula is C24H25N5O2. The lowest BCUT2D eigenvalue weighted by molar-refractivity contribution is -0.116. The number of nitrogens with one attached hydrogen (secondary N) is 2. The van der Waals surface area contributed by atoms with Gasteiger partial charge in [-0.1, -0.05) is 18.2 Å². The molecule has 2 N–H and O–H groups in total. The van der Waals surface area contributed by atoms with E-state index in [0.29, 0.717) is 18.7 Å². The van der Waals surface area contributed by atoms with Gasteiger partial charge in [-0.2, -0.15) is 0 Å². The van der Waals surface area contributed by atoms with Crippen LogP contribution < -0.4 is 15.5 Å². The highest BCUT2D eigenvalue weighted by molar-refractivity contribution is 5.96. The molecule has 5 rings (SSSR count). The van der Waals surface area contributed by atoms with E-state index in [-0.39, 0.29) is 18.0 Å². The number of hydrogen-bond acceptors (Lipinski definition) is 4. The van der Waals surface area contributed by atoms with E-state index in [1.807, 2.05) is 41.6 Å². The van der Waals surface area contributed by atoms with Crippen molar-refractivity contribution < 1.29 is 9.59 Å². The molecule has 0 aliphatic carbocycles. The number of carbonyl (C=O) groups excluding carboxylic acids is 2. The Morgan fingerprint density at radius 3 is 2.94 bits per heavy atom.